The van der Waals surface area contributed by atoms with Crippen LogP contribution < -0.4 is 26.4 Å². The zero-order valence-electron chi connectivity index (χ0n) is 23.8. The van der Waals surface area contributed by atoms with Gasteiger partial charge in [-0.15, -0.1) is 0 Å². The fourth-order valence-electron chi connectivity index (χ4n) is 6.33. The third-order valence-electron chi connectivity index (χ3n) is 8.92. The minimum Gasteiger partial charge on any atom is -0.377 e. The molecule has 3 aromatic rings. The third kappa shape index (κ3) is 6.37. The Bertz CT molecular complexity index is 1500. The first-order valence-electron chi connectivity index (χ1n) is 15.0. The number of benzene rings is 1. The van der Waals surface area contributed by atoms with Gasteiger partial charge in [0.1, 0.15) is 23.0 Å². The molecule has 11 heteroatoms. The molecule has 1 saturated carbocycles. The highest BCUT2D eigenvalue weighted by molar-refractivity contribution is 9.10. The molecule has 1 aromatic heterocycles. The Kier molecular flexibility index (Phi) is 8.86. The molecule has 3 aliphatic rings. The molecule has 3 heterocycles. The molecule has 2 aliphatic heterocycles. The maximum Gasteiger partial charge on any atom is 0.253 e. The van der Waals surface area contributed by atoms with Crippen molar-refractivity contribution in [2.24, 2.45) is 0 Å². The molecule has 224 valence electrons. The number of rotatable bonds is 10. The molecule has 0 spiro atoms. The van der Waals surface area contributed by atoms with E-state index in [2.05, 4.69) is 48.2 Å². The number of halogens is 3. The standard InChI is InChI=1S/C31H37BrClFN6O2/c1-2-23-18-39(11-12-40(23)24-7-9-38(10-8-24)17-20-3-4-21(32)14-26(20)34)31-25(33)13-19(16-36-31)15-35-27-28(30(42)29(27)41)37-22-5-6-22/h3-4,13-14,16,22-24,35,37H,2,5-12,15,17-18H2,1H3/t23-/m0/s1. The number of pyridine rings is 1. The van der Waals surface area contributed by atoms with Gasteiger partial charge >= 0.3 is 0 Å². The Balaban J connectivity index is 1.02. The summed E-state index contributed by atoms with van der Waals surface area (Å²) in [4.78, 5) is 36.0. The van der Waals surface area contributed by atoms with Crippen LogP contribution in [-0.4, -0.2) is 65.6 Å². The van der Waals surface area contributed by atoms with Crippen LogP contribution in [0.1, 0.15) is 50.2 Å². The minimum absolute atomic E-state index is 0.150. The number of likely N-dealkylation sites (tertiary alicyclic amines) is 1. The van der Waals surface area contributed by atoms with Gasteiger partial charge in [0.25, 0.3) is 10.9 Å². The van der Waals surface area contributed by atoms with Gasteiger partial charge in [0.15, 0.2) is 0 Å². The lowest BCUT2D eigenvalue weighted by Crippen LogP contribution is -2.58. The van der Waals surface area contributed by atoms with Crippen molar-refractivity contribution in [3.8, 4) is 0 Å². The van der Waals surface area contributed by atoms with Gasteiger partial charge in [-0.3, -0.25) is 19.4 Å². The van der Waals surface area contributed by atoms with Crippen LogP contribution >= 0.6 is 27.5 Å². The van der Waals surface area contributed by atoms with E-state index in [9.17, 15) is 14.0 Å². The maximum absolute atomic E-state index is 14.4. The summed E-state index contributed by atoms with van der Waals surface area (Å²) in [5, 5.41) is 6.85. The van der Waals surface area contributed by atoms with Gasteiger partial charge < -0.3 is 15.5 Å². The van der Waals surface area contributed by atoms with E-state index in [1.807, 2.05) is 18.2 Å². The van der Waals surface area contributed by atoms with Gasteiger partial charge in [0.2, 0.25) is 0 Å². The molecule has 2 N–H and O–H groups in total. The predicted octanol–water partition coefficient (Wildman–Crippen LogP) is 4.98. The van der Waals surface area contributed by atoms with E-state index in [0.29, 0.717) is 47.6 Å². The van der Waals surface area contributed by atoms with Crippen molar-refractivity contribution in [2.45, 2.75) is 70.2 Å². The summed E-state index contributed by atoms with van der Waals surface area (Å²) < 4.78 is 15.1. The summed E-state index contributed by atoms with van der Waals surface area (Å²) in [6.45, 7) is 7.86. The lowest BCUT2D eigenvalue weighted by atomic mass is 9.97. The Morgan fingerprint density at radius 2 is 1.81 bits per heavy atom. The normalized spacial score (nSPS) is 20.8. The van der Waals surface area contributed by atoms with Crippen LogP contribution in [-0.2, 0) is 13.1 Å². The van der Waals surface area contributed by atoms with Gasteiger partial charge in [-0.1, -0.05) is 40.5 Å². The molecular formula is C31H37BrClFN6O2. The highest BCUT2D eigenvalue weighted by atomic mass is 79.9. The Morgan fingerprint density at radius 3 is 2.50 bits per heavy atom. The van der Waals surface area contributed by atoms with Crippen molar-refractivity contribution >= 4 is 44.7 Å². The fourth-order valence-corrected chi connectivity index (χ4v) is 6.97. The smallest absolute Gasteiger partial charge is 0.253 e. The molecule has 6 rings (SSSR count). The molecule has 42 heavy (non-hydrogen) atoms. The third-order valence-corrected chi connectivity index (χ3v) is 9.69. The first kappa shape index (κ1) is 29.5. The first-order chi connectivity index (χ1) is 20.3. The Labute approximate surface area is 259 Å². The molecule has 0 unspecified atom stereocenters. The van der Waals surface area contributed by atoms with Crippen LogP contribution in [0, 0.1) is 5.82 Å². The summed E-state index contributed by atoms with van der Waals surface area (Å²) in [6.07, 6.45) is 7.06. The number of aromatic nitrogens is 1. The van der Waals surface area contributed by atoms with Gasteiger partial charge in [-0.05, 0) is 69.0 Å². The summed E-state index contributed by atoms with van der Waals surface area (Å²) >= 11 is 10.1. The maximum atomic E-state index is 14.4. The fraction of sp³-hybridized carbons (Fsp3) is 0.516. The van der Waals surface area contributed by atoms with E-state index in [1.54, 1.807) is 12.3 Å². The van der Waals surface area contributed by atoms with Crippen LogP contribution in [0.3, 0.4) is 0 Å². The van der Waals surface area contributed by atoms with Crippen molar-refractivity contribution in [3.05, 3.63) is 77.3 Å². The van der Waals surface area contributed by atoms with Crippen molar-refractivity contribution in [3.63, 3.8) is 0 Å². The minimum atomic E-state index is -0.471. The number of hydrogen-bond acceptors (Lipinski definition) is 8. The number of hydrogen-bond donors (Lipinski definition) is 2. The van der Waals surface area contributed by atoms with Crippen LogP contribution in [0.2, 0.25) is 5.02 Å². The molecule has 8 nitrogen and oxygen atoms in total. The van der Waals surface area contributed by atoms with E-state index in [-0.39, 0.29) is 5.82 Å². The summed E-state index contributed by atoms with van der Waals surface area (Å²) in [5.41, 5.74) is 1.46. The van der Waals surface area contributed by atoms with E-state index in [0.717, 1.165) is 86.2 Å². The van der Waals surface area contributed by atoms with Crippen LogP contribution in [0.5, 0.6) is 0 Å². The van der Waals surface area contributed by atoms with E-state index in [1.165, 1.54) is 0 Å². The quantitative estimate of drug-likeness (QED) is 0.295. The number of piperidine rings is 1. The van der Waals surface area contributed by atoms with Crippen LogP contribution in [0.4, 0.5) is 21.6 Å². The molecule has 0 bridgehead atoms. The summed E-state index contributed by atoms with van der Waals surface area (Å²) in [7, 11) is 0. The van der Waals surface area contributed by atoms with Crippen LogP contribution in [0.25, 0.3) is 0 Å². The molecule has 0 radical (unpaired) electrons. The number of nitrogens with one attached hydrogen (secondary N) is 2. The van der Waals surface area contributed by atoms with Crippen molar-refractivity contribution < 1.29 is 4.39 Å². The number of anilines is 3. The predicted molar refractivity (Wildman–Crippen MR) is 170 cm³/mol. The summed E-state index contributed by atoms with van der Waals surface area (Å²) in [6, 6.07) is 8.45. The summed E-state index contributed by atoms with van der Waals surface area (Å²) in [5.74, 6) is 0.637. The molecule has 2 aromatic carbocycles. The highest BCUT2D eigenvalue weighted by Gasteiger charge is 2.34. The zero-order valence-corrected chi connectivity index (χ0v) is 26.2. The average Bonchev–Trinajstić information content (AvgIpc) is 3.82. The lowest BCUT2D eigenvalue weighted by Gasteiger charge is -2.47. The SMILES string of the molecule is CC[C@H]1CN(c2ncc(CNc3c(NC4CC4)c(=O)c3=O)cc2Cl)CCN1C1CCN(Cc2ccc(Br)cc2F)CC1. The second-order valence-corrected chi connectivity index (χ2v) is 13.1. The zero-order chi connectivity index (χ0) is 29.4. The lowest BCUT2D eigenvalue weighted by molar-refractivity contribution is 0.0607. The highest BCUT2D eigenvalue weighted by Crippen LogP contribution is 2.31. The van der Waals surface area contributed by atoms with E-state index < -0.39 is 10.9 Å². The Morgan fingerprint density at radius 1 is 1.05 bits per heavy atom. The first-order valence-corrected chi connectivity index (χ1v) is 16.1. The van der Waals surface area contributed by atoms with E-state index in [4.69, 9.17) is 16.6 Å². The molecular weight excluding hydrogens is 623 g/mol. The molecule has 0 amide bonds. The average molecular weight is 660 g/mol. The van der Waals surface area contributed by atoms with Gasteiger partial charge in [-0.25, -0.2) is 9.37 Å². The van der Waals surface area contributed by atoms with Crippen molar-refractivity contribution in [2.75, 3.05) is 48.3 Å². The second kappa shape index (κ2) is 12.6. The monoisotopic (exact) mass is 658 g/mol. The van der Waals surface area contributed by atoms with Crippen LogP contribution in [0.15, 0.2) is 44.5 Å². The largest absolute Gasteiger partial charge is 0.377 e. The van der Waals surface area contributed by atoms with Gasteiger partial charge in [0, 0.05) is 67.1 Å². The van der Waals surface area contributed by atoms with Gasteiger partial charge in [0.05, 0.1) is 5.02 Å². The van der Waals surface area contributed by atoms with Gasteiger partial charge in [-0.2, -0.15) is 0 Å². The van der Waals surface area contributed by atoms with Crippen molar-refractivity contribution in [1.29, 1.82) is 0 Å². The molecule has 2 saturated heterocycles. The number of piperazine rings is 1. The molecule has 3 fully saturated rings. The second-order valence-electron chi connectivity index (χ2n) is 11.8. The van der Waals surface area contributed by atoms with Crippen molar-refractivity contribution in [1.82, 2.24) is 14.8 Å². The van der Waals surface area contributed by atoms with E-state index >= 15 is 0 Å². The topological polar surface area (TPSA) is 80.8 Å². The molecule has 1 aliphatic carbocycles. The molecule has 1 atom stereocenters. The number of nitrogens with zero attached hydrogens (tertiary/aromatic N) is 4. The Hall–Kier alpha value is -2.53.